The first-order valence-corrected chi connectivity index (χ1v) is 7.24. The predicted molar refractivity (Wildman–Crippen MR) is 77.8 cm³/mol. The molecule has 0 unspecified atom stereocenters. The molecule has 1 aliphatic rings. The van der Waals surface area contributed by atoms with Gasteiger partial charge in [0, 0.05) is 30.1 Å². The van der Waals surface area contributed by atoms with E-state index in [1.807, 2.05) is 6.07 Å². The highest BCUT2D eigenvalue weighted by molar-refractivity contribution is 9.10. The van der Waals surface area contributed by atoms with Crippen molar-refractivity contribution in [3.8, 4) is 0 Å². The number of benzene rings is 1. The van der Waals surface area contributed by atoms with E-state index in [0.717, 1.165) is 30.7 Å². The lowest BCUT2D eigenvalue weighted by atomic mass is 10.1. The van der Waals surface area contributed by atoms with Crippen LogP contribution in [0.3, 0.4) is 0 Å². The van der Waals surface area contributed by atoms with Crippen molar-refractivity contribution in [3.63, 3.8) is 0 Å². The molecule has 1 fully saturated rings. The van der Waals surface area contributed by atoms with Crippen molar-refractivity contribution in [1.82, 2.24) is 10.2 Å². The third-order valence-electron chi connectivity index (χ3n) is 3.37. The Kier molecular flexibility index (Phi) is 5.18. The summed E-state index contributed by atoms with van der Waals surface area (Å²) in [5.41, 5.74) is 1.29. The molecular weight excluding hydrogens is 292 g/mol. The second-order valence-corrected chi connectivity index (χ2v) is 5.76. The molecule has 0 spiro atoms. The number of rotatable bonds is 4. The Morgan fingerprint density at radius 3 is 3.00 bits per heavy atom. The van der Waals surface area contributed by atoms with Crippen molar-refractivity contribution in [2.45, 2.75) is 19.1 Å². The minimum absolute atomic E-state index is 0.300. The number of hydrogen-bond acceptors (Lipinski definition) is 3. The summed E-state index contributed by atoms with van der Waals surface area (Å²) in [7, 11) is 2.15. The molecule has 0 aliphatic carbocycles. The van der Waals surface area contributed by atoms with Gasteiger partial charge in [-0.3, -0.25) is 0 Å². The molecule has 0 bridgehead atoms. The third kappa shape index (κ3) is 3.79. The molecule has 100 valence electrons. The maximum absolute atomic E-state index is 5.75. The standard InChI is InChI=1S/C14H21BrN2O/c1-11(13-5-3-4-6-14(13)15)16-9-12-10-17(2)7-8-18-12/h3-6,11-12,16H,7-10H2,1-2H3/t11-,12-/m1/s1. The summed E-state index contributed by atoms with van der Waals surface area (Å²) >= 11 is 3.59. The molecule has 1 aliphatic heterocycles. The van der Waals surface area contributed by atoms with E-state index in [1.54, 1.807) is 0 Å². The van der Waals surface area contributed by atoms with Gasteiger partial charge in [-0.15, -0.1) is 0 Å². The molecule has 3 nitrogen and oxygen atoms in total. The Morgan fingerprint density at radius 1 is 1.50 bits per heavy atom. The van der Waals surface area contributed by atoms with Crippen LogP contribution in [0.5, 0.6) is 0 Å². The smallest absolute Gasteiger partial charge is 0.0826 e. The van der Waals surface area contributed by atoms with Crippen LogP contribution in [0.2, 0.25) is 0 Å². The van der Waals surface area contributed by atoms with Gasteiger partial charge in [0.25, 0.3) is 0 Å². The van der Waals surface area contributed by atoms with Crippen LogP contribution in [0.25, 0.3) is 0 Å². The van der Waals surface area contributed by atoms with Crippen LogP contribution < -0.4 is 5.32 Å². The summed E-state index contributed by atoms with van der Waals surface area (Å²) < 4.78 is 6.91. The van der Waals surface area contributed by atoms with Gasteiger partial charge in [-0.25, -0.2) is 0 Å². The van der Waals surface area contributed by atoms with Crippen molar-refractivity contribution >= 4 is 15.9 Å². The van der Waals surface area contributed by atoms with Gasteiger partial charge in [0.2, 0.25) is 0 Å². The lowest BCUT2D eigenvalue weighted by Crippen LogP contribution is -2.45. The molecule has 18 heavy (non-hydrogen) atoms. The van der Waals surface area contributed by atoms with Gasteiger partial charge in [-0.2, -0.15) is 0 Å². The molecule has 1 aromatic rings. The van der Waals surface area contributed by atoms with Crippen LogP contribution in [-0.4, -0.2) is 44.3 Å². The zero-order valence-electron chi connectivity index (χ0n) is 11.0. The van der Waals surface area contributed by atoms with Gasteiger partial charge in [0.1, 0.15) is 0 Å². The van der Waals surface area contributed by atoms with Crippen molar-refractivity contribution in [1.29, 1.82) is 0 Å². The average Bonchev–Trinajstić information content (AvgIpc) is 2.37. The number of morpholine rings is 1. The molecule has 1 N–H and O–H groups in total. The minimum atomic E-state index is 0.300. The van der Waals surface area contributed by atoms with E-state index in [0.29, 0.717) is 12.1 Å². The van der Waals surface area contributed by atoms with Crippen molar-refractivity contribution in [2.24, 2.45) is 0 Å². The van der Waals surface area contributed by atoms with E-state index in [-0.39, 0.29) is 0 Å². The fourth-order valence-corrected chi connectivity index (χ4v) is 2.86. The number of halogens is 1. The van der Waals surface area contributed by atoms with Crippen molar-refractivity contribution in [3.05, 3.63) is 34.3 Å². The SMILES string of the molecule is C[C@@H](NC[C@@H]1CN(C)CCO1)c1ccccc1Br. The first kappa shape index (κ1) is 14.0. The molecular formula is C14H21BrN2O. The van der Waals surface area contributed by atoms with E-state index in [2.05, 4.69) is 58.3 Å². The Bertz CT molecular complexity index is 386. The topological polar surface area (TPSA) is 24.5 Å². The highest BCUT2D eigenvalue weighted by atomic mass is 79.9. The van der Waals surface area contributed by atoms with Gasteiger partial charge in [0.15, 0.2) is 0 Å². The molecule has 1 aromatic carbocycles. The van der Waals surface area contributed by atoms with Crippen molar-refractivity contribution < 1.29 is 4.74 Å². The number of nitrogens with one attached hydrogen (secondary N) is 1. The maximum atomic E-state index is 5.75. The molecule has 2 atom stereocenters. The molecule has 1 heterocycles. The Morgan fingerprint density at radius 2 is 2.28 bits per heavy atom. The molecule has 4 heteroatoms. The normalized spacial score (nSPS) is 22.9. The fraction of sp³-hybridized carbons (Fsp3) is 0.571. The highest BCUT2D eigenvalue weighted by Gasteiger charge is 2.18. The van der Waals surface area contributed by atoms with Crippen LogP contribution in [0, 0.1) is 0 Å². The third-order valence-corrected chi connectivity index (χ3v) is 4.09. The molecule has 0 aromatic heterocycles. The van der Waals surface area contributed by atoms with Crippen LogP contribution in [0.15, 0.2) is 28.7 Å². The van der Waals surface area contributed by atoms with Crippen molar-refractivity contribution in [2.75, 3.05) is 33.3 Å². The van der Waals surface area contributed by atoms with E-state index < -0.39 is 0 Å². The molecule has 2 rings (SSSR count). The molecule has 0 amide bonds. The number of likely N-dealkylation sites (N-methyl/N-ethyl adjacent to an activating group) is 1. The second-order valence-electron chi connectivity index (χ2n) is 4.91. The number of ether oxygens (including phenoxy) is 1. The zero-order chi connectivity index (χ0) is 13.0. The summed E-state index contributed by atoms with van der Waals surface area (Å²) in [5.74, 6) is 0. The Labute approximate surface area is 118 Å². The van der Waals surface area contributed by atoms with Gasteiger partial charge in [-0.1, -0.05) is 34.1 Å². The van der Waals surface area contributed by atoms with E-state index in [9.17, 15) is 0 Å². The first-order chi connectivity index (χ1) is 8.66. The lowest BCUT2D eigenvalue weighted by molar-refractivity contribution is -0.0191. The number of nitrogens with zero attached hydrogens (tertiary/aromatic N) is 1. The van der Waals surface area contributed by atoms with Crippen LogP contribution in [-0.2, 0) is 4.74 Å². The largest absolute Gasteiger partial charge is 0.374 e. The summed E-state index contributed by atoms with van der Waals surface area (Å²) in [5, 5.41) is 3.55. The van der Waals surface area contributed by atoms with Crippen LogP contribution >= 0.6 is 15.9 Å². The van der Waals surface area contributed by atoms with Gasteiger partial charge in [0.05, 0.1) is 12.7 Å². The average molecular weight is 313 g/mol. The Balaban J connectivity index is 1.84. The van der Waals surface area contributed by atoms with Gasteiger partial charge in [-0.05, 0) is 25.6 Å². The monoisotopic (exact) mass is 312 g/mol. The lowest BCUT2D eigenvalue weighted by Gasteiger charge is -2.31. The second kappa shape index (κ2) is 6.66. The zero-order valence-corrected chi connectivity index (χ0v) is 12.6. The molecule has 0 radical (unpaired) electrons. The fourth-order valence-electron chi connectivity index (χ4n) is 2.23. The van der Waals surface area contributed by atoms with E-state index in [1.165, 1.54) is 5.56 Å². The minimum Gasteiger partial charge on any atom is -0.374 e. The highest BCUT2D eigenvalue weighted by Crippen LogP contribution is 2.22. The van der Waals surface area contributed by atoms with E-state index in [4.69, 9.17) is 4.74 Å². The van der Waals surface area contributed by atoms with Gasteiger partial charge >= 0.3 is 0 Å². The van der Waals surface area contributed by atoms with E-state index >= 15 is 0 Å². The Hall–Kier alpha value is -0.420. The van der Waals surface area contributed by atoms with Gasteiger partial charge < -0.3 is 15.0 Å². The first-order valence-electron chi connectivity index (χ1n) is 6.45. The maximum Gasteiger partial charge on any atom is 0.0826 e. The summed E-state index contributed by atoms with van der Waals surface area (Å²) in [6.07, 6.45) is 0.300. The van der Waals surface area contributed by atoms with Crippen LogP contribution in [0.4, 0.5) is 0 Å². The number of hydrogen-bond donors (Lipinski definition) is 1. The summed E-state index contributed by atoms with van der Waals surface area (Å²) in [6.45, 7) is 5.97. The summed E-state index contributed by atoms with van der Waals surface area (Å²) in [6, 6.07) is 8.67. The quantitative estimate of drug-likeness (QED) is 0.924. The van der Waals surface area contributed by atoms with Crippen LogP contribution in [0.1, 0.15) is 18.5 Å². The summed E-state index contributed by atoms with van der Waals surface area (Å²) in [4.78, 5) is 2.32. The predicted octanol–water partition coefficient (Wildman–Crippen LogP) is 2.43. The molecule has 1 saturated heterocycles. The molecule has 0 saturated carbocycles.